The monoisotopic (exact) mass is 300 g/mol. The molecule has 1 heterocycles. The molecule has 0 atom stereocenters. The number of amides is 1. The molecule has 0 bridgehead atoms. The second kappa shape index (κ2) is 7.73. The molecule has 20 heavy (non-hydrogen) atoms. The van der Waals surface area contributed by atoms with Gasteiger partial charge in [0.15, 0.2) is 0 Å². The van der Waals surface area contributed by atoms with Crippen LogP contribution >= 0.6 is 11.3 Å². The van der Waals surface area contributed by atoms with Gasteiger partial charge in [-0.15, -0.1) is 11.3 Å². The number of hydrogen-bond donors (Lipinski definition) is 3. The lowest BCUT2D eigenvalue weighted by Gasteiger charge is -2.29. The molecule has 114 valence electrons. The quantitative estimate of drug-likeness (QED) is 0.657. The molecule has 0 aliphatic carbocycles. The lowest BCUT2D eigenvalue weighted by Crippen LogP contribution is -2.43. The van der Waals surface area contributed by atoms with E-state index in [1.807, 2.05) is 23.3 Å². The summed E-state index contributed by atoms with van der Waals surface area (Å²) in [5, 5.41) is 23.4. The van der Waals surface area contributed by atoms with Gasteiger partial charge in [-0.05, 0) is 31.0 Å². The Labute approximate surface area is 124 Å². The van der Waals surface area contributed by atoms with Gasteiger partial charge in [0, 0.05) is 16.8 Å². The summed E-state index contributed by atoms with van der Waals surface area (Å²) in [5.41, 5.74) is 0.608. The molecule has 0 fully saturated rings. The summed E-state index contributed by atoms with van der Waals surface area (Å²) >= 11 is 1.63. The molecule has 1 rings (SSSR count). The molecular weight excluding hydrogens is 276 g/mol. The Morgan fingerprint density at radius 1 is 1.45 bits per heavy atom. The number of nitrogens with one attached hydrogen (secondary N) is 1. The maximum atomic E-state index is 11.8. The van der Waals surface area contributed by atoms with Gasteiger partial charge in [0.1, 0.15) is 0 Å². The zero-order valence-corrected chi connectivity index (χ0v) is 13.2. The zero-order chi connectivity index (χ0) is 15.2. The van der Waals surface area contributed by atoms with Crippen molar-refractivity contribution < 1.29 is 15.0 Å². The average Bonchev–Trinajstić information content (AvgIpc) is 2.81. The van der Waals surface area contributed by atoms with Crippen molar-refractivity contribution in [2.45, 2.75) is 20.4 Å². The Kier molecular flexibility index (Phi) is 6.61. The van der Waals surface area contributed by atoms with Gasteiger partial charge in [-0.2, -0.15) is 0 Å². The molecule has 0 unspecified atom stereocenters. The number of aryl methyl sites for hydroxylation is 1. The van der Waals surface area contributed by atoms with Gasteiger partial charge in [0.2, 0.25) is 5.91 Å². The third-order valence-corrected chi connectivity index (χ3v) is 4.27. The smallest absolute Gasteiger partial charge is 0.234 e. The molecule has 0 aliphatic heterocycles. The summed E-state index contributed by atoms with van der Waals surface area (Å²) in [6, 6.07) is 2.03. The van der Waals surface area contributed by atoms with Gasteiger partial charge >= 0.3 is 0 Å². The minimum absolute atomic E-state index is 0.0569. The molecule has 1 aromatic rings. The minimum Gasteiger partial charge on any atom is -0.396 e. The van der Waals surface area contributed by atoms with Gasteiger partial charge in [-0.1, -0.05) is 6.92 Å². The summed E-state index contributed by atoms with van der Waals surface area (Å²) in [5.74, 6) is -0.0569. The van der Waals surface area contributed by atoms with E-state index >= 15 is 0 Å². The molecule has 0 spiro atoms. The largest absolute Gasteiger partial charge is 0.396 e. The van der Waals surface area contributed by atoms with Gasteiger partial charge in [0.25, 0.3) is 0 Å². The molecule has 5 nitrogen and oxygen atoms in total. The topological polar surface area (TPSA) is 72.8 Å². The van der Waals surface area contributed by atoms with Crippen molar-refractivity contribution in [1.82, 2.24) is 10.2 Å². The predicted molar refractivity (Wildman–Crippen MR) is 80.7 cm³/mol. The number of nitrogens with zero attached hydrogens (tertiary/aromatic N) is 1. The SMILES string of the molecule is Cc1ccsc1CNC(=O)CN(C)CC(C)(CO)CO. The molecular formula is C14H24N2O3S. The van der Waals surface area contributed by atoms with Gasteiger partial charge in [0.05, 0.1) is 26.3 Å². The van der Waals surface area contributed by atoms with Crippen LogP contribution in [-0.2, 0) is 11.3 Å². The van der Waals surface area contributed by atoms with Crippen molar-refractivity contribution in [3.8, 4) is 0 Å². The number of thiophene rings is 1. The Bertz CT molecular complexity index is 430. The van der Waals surface area contributed by atoms with E-state index in [9.17, 15) is 15.0 Å². The summed E-state index contributed by atoms with van der Waals surface area (Å²) in [6.45, 7) is 4.86. The first-order chi connectivity index (χ1) is 9.40. The van der Waals surface area contributed by atoms with Crippen molar-refractivity contribution in [2.24, 2.45) is 5.41 Å². The van der Waals surface area contributed by atoms with Crippen molar-refractivity contribution in [3.05, 3.63) is 21.9 Å². The van der Waals surface area contributed by atoms with Crippen LogP contribution in [0.4, 0.5) is 0 Å². The maximum Gasteiger partial charge on any atom is 0.234 e. The summed E-state index contributed by atoms with van der Waals surface area (Å²) < 4.78 is 0. The summed E-state index contributed by atoms with van der Waals surface area (Å²) in [4.78, 5) is 14.8. The first kappa shape index (κ1) is 17.1. The van der Waals surface area contributed by atoms with E-state index < -0.39 is 5.41 Å². The van der Waals surface area contributed by atoms with Gasteiger partial charge < -0.3 is 15.5 Å². The van der Waals surface area contributed by atoms with Crippen LogP contribution in [0.1, 0.15) is 17.4 Å². The van der Waals surface area contributed by atoms with Crippen LogP contribution in [0, 0.1) is 12.3 Å². The highest BCUT2D eigenvalue weighted by Gasteiger charge is 2.25. The first-order valence-electron chi connectivity index (χ1n) is 6.60. The maximum absolute atomic E-state index is 11.8. The second-order valence-electron chi connectivity index (χ2n) is 5.60. The number of aliphatic hydroxyl groups is 2. The summed E-state index contributed by atoms with van der Waals surface area (Å²) in [6.07, 6.45) is 0. The number of hydrogen-bond acceptors (Lipinski definition) is 5. The molecule has 0 aromatic carbocycles. The van der Waals surface area contributed by atoms with Crippen LogP contribution in [-0.4, -0.2) is 54.4 Å². The number of rotatable bonds is 8. The fourth-order valence-electron chi connectivity index (χ4n) is 1.92. The van der Waals surface area contributed by atoms with Crippen molar-refractivity contribution >= 4 is 17.2 Å². The zero-order valence-electron chi connectivity index (χ0n) is 12.3. The van der Waals surface area contributed by atoms with Gasteiger partial charge in [-0.3, -0.25) is 9.69 Å². The average molecular weight is 300 g/mol. The highest BCUT2D eigenvalue weighted by Crippen LogP contribution is 2.16. The van der Waals surface area contributed by atoms with E-state index in [4.69, 9.17) is 0 Å². The van der Waals surface area contributed by atoms with Crippen LogP contribution in [0.25, 0.3) is 0 Å². The first-order valence-corrected chi connectivity index (χ1v) is 7.48. The normalized spacial score (nSPS) is 11.9. The minimum atomic E-state index is -0.584. The van der Waals surface area contributed by atoms with Crippen LogP contribution < -0.4 is 5.32 Å². The molecule has 3 N–H and O–H groups in total. The van der Waals surface area contributed by atoms with Crippen LogP contribution in [0.3, 0.4) is 0 Å². The predicted octanol–water partition coefficient (Wildman–Crippen LogP) is 0.595. The number of carbonyl (C=O) groups excluding carboxylic acids is 1. The standard InChI is InChI=1S/C14H24N2O3S/c1-11-4-5-20-12(11)6-15-13(19)7-16(3)8-14(2,9-17)10-18/h4-5,17-18H,6-10H2,1-3H3,(H,15,19). The fraction of sp³-hybridized carbons (Fsp3) is 0.643. The van der Waals surface area contributed by atoms with Crippen molar-refractivity contribution in [3.63, 3.8) is 0 Å². The van der Waals surface area contributed by atoms with Crippen molar-refractivity contribution in [1.29, 1.82) is 0 Å². The van der Waals surface area contributed by atoms with Crippen LogP contribution in [0.5, 0.6) is 0 Å². The lowest BCUT2D eigenvalue weighted by molar-refractivity contribution is -0.122. The Morgan fingerprint density at radius 2 is 2.10 bits per heavy atom. The van der Waals surface area contributed by atoms with E-state index in [1.165, 1.54) is 5.56 Å². The molecule has 0 saturated heterocycles. The van der Waals surface area contributed by atoms with E-state index in [-0.39, 0.29) is 25.7 Å². The van der Waals surface area contributed by atoms with Crippen molar-refractivity contribution in [2.75, 3.05) is 33.4 Å². The molecule has 0 aliphatic rings. The Hall–Kier alpha value is -0.950. The lowest BCUT2D eigenvalue weighted by atomic mass is 9.92. The molecule has 0 radical (unpaired) electrons. The number of carbonyl (C=O) groups is 1. The molecule has 6 heteroatoms. The van der Waals surface area contributed by atoms with E-state index in [0.29, 0.717) is 13.1 Å². The van der Waals surface area contributed by atoms with E-state index in [2.05, 4.69) is 5.32 Å². The fourth-order valence-corrected chi connectivity index (χ4v) is 2.77. The number of likely N-dealkylation sites (N-methyl/N-ethyl adjacent to an activating group) is 1. The Morgan fingerprint density at radius 3 is 2.60 bits per heavy atom. The van der Waals surface area contributed by atoms with E-state index in [0.717, 1.165) is 4.88 Å². The van der Waals surface area contributed by atoms with Gasteiger partial charge in [-0.25, -0.2) is 0 Å². The highest BCUT2D eigenvalue weighted by molar-refractivity contribution is 7.10. The highest BCUT2D eigenvalue weighted by atomic mass is 32.1. The molecule has 1 amide bonds. The molecule has 1 aromatic heterocycles. The molecule has 0 saturated carbocycles. The third-order valence-electron chi connectivity index (χ3n) is 3.24. The number of aliphatic hydroxyl groups excluding tert-OH is 2. The second-order valence-corrected chi connectivity index (χ2v) is 6.60. The Balaban J connectivity index is 2.37. The van der Waals surface area contributed by atoms with E-state index in [1.54, 1.807) is 25.3 Å². The van der Waals surface area contributed by atoms with Crippen LogP contribution in [0.15, 0.2) is 11.4 Å². The third kappa shape index (κ3) is 5.20. The summed E-state index contributed by atoms with van der Waals surface area (Å²) in [7, 11) is 1.81. The van der Waals surface area contributed by atoms with Crippen LogP contribution in [0.2, 0.25) is 0 Å².